The van der Waals surface area contributed by atoms with Crippen LogP contribution in [0.5, 0.6) is 0 Å². The highest BCUT2D eigenvalue weighted by molar-refractivity contribution is 7.98. The van der Waals surface area contributed by atoms with Gasteiger partial charge in [0.25, 0.3) is 5.91 Å². The molecule has 0 spiro atoms. The lowest BCUT2D eigenvalue weighted by Crippen LogP contribution is -2.52. The largest absolute Gasteiger partial charge is 0.384 e. The Balaban J connectivity index is 1.50. The zero-order valence-corrected chi connectivity index (χ0v) is 15.7. The molecule has 2 aromatic rings. The molecule has 0 unspecified atom stereocenters. The van der Waals surface area contributed by atoms with E-state index in [1.807, 2.05) is 35.4 Å². The number of rotatable bonds is 3. The number of benzene rings is 1. The first-order valence-corrected chi connectivity index (χ1v) is 10.2. The molecule has 4 rings (SSSR count). The molecule has 1 atom stereocenters. The van der Waals surface area contributed by atoms with E-state index < -0.39 is 0 Å². The first-order chi connectivity index (χ1) is 12.6. The van der Waals surface area contributed by atoms with E-state index in [9.17, 15) is 4.79 Å². The minimum Gasteiger partial charge on any atom is -0.384 e. The van der Waals surface area contributed by atoms with Gasteiger partial charge in [-0.3, -0.25) is 9.69 Å². The maximum Gasteiger partial charge on any atom is 0.253 e. The number of fused-ring (bicyclic) bond motifs is 1. The second kappa shape index (κ2) is 7.25. The number of nitrogen functional groups attached to an aromatic ring is 1. The molecule has 2 aliphatic rings. The molecule has 2 fully saturated rings. The number of piperazine rings is 1. The third-order valence-corrected chi connectivity index (χ3v) is 5.76. The molecule has 1 amide bonds. The van der Waals surface area contributed by atoms with E-state index in [2.05, 4.69) is 14.9 Å². The Kier molecular flexibility index (Phi) is 4.82. The van der Waals surface area contributed by atoms with Crippen molar-refractivity contribution in [2.45, 2.75) is 24.0 Å². The van der Waals surface area contributed by atoms with Crippen molar-refractivity contribution in [1.29, 1.82) is 0 Å². The van der Waals surface area contributed by atoms with Crippen LogP contribution in [0.4, 0.5) is 5.82 Å². The number of carbonyl (C=O) groups excluding carboxylic acids is 1. The van der Waals surface area contributed by atoms with E-state index in [4.69, 9.17) is 5.73 Å². The summed E-state index contributed by atoms with van der Waals surface area (Å²) >= 11 is 1.46. The molecule has 7 heteroatoms. The number of nitrogens with two attached hydrogens (primary N) is 1. The molecule has 6 nitrogen and oxygen atoms in total. The van der Waals surface area contributed by atoms with Gasteiger partial charge in [-0.05, 0) is 37.8 Å². The number of aromatic nitrogens is 2. The summed E-state index contributed by atoms with van der Waals surface area (Å²) in [4.78, 5) is 26.0. The Morgan fingerprint density at radius 2 is 2.00 bits per heavy atom. The summed E-state index contributed by atoms with van der Waals surface area (Å²) in [7, 11) is 0. The average Bonchev–Trinajstić information content (AvgIpc) is 3.14. The minimum atomic E-state index is 0.120. The van der Waals surface area contributed by atoms with Crippen LogP contribution in [0.1, 0.15) is 23.2 Å². The first kappa shape index (κ1) is 17.3. The quantitative estimate of drug-likeness (QED) is 0.661. The predicted octanol–water partition coefficient (Wildman–Crippen LogP) is 2.37. The molecule has 136 valence electrons. The monoisotopic (exact) mass is 369 g/mol. The second-order valence-corrected chi connectivity index (χ2v) is 7.60. The van der Waals surface area contributed by atoms with Crippen LogP contribution in [-0.2, 0) is 0 Å². The van der Waals surface area contributed by atoms with Crippen molar-refractivity contribution in [1.82, 2.24) is 19.8 Å². The van der Waals surface area contributed by atoms with Gasteiger partial charge in [0.05, 0.1) is 5.69 Å². The zero-order chi connectivity index (χ0) is 18.1. The molecule has 0 radical (unpaired) electrons. The Hall–Kier alpha value is -2.12. The van der Waals surface area contributed by atoms with Crippen LogP contribution in [0, 0.1) is 0 Å². The van der Waals surface area contributed by atoms with Crippen LogP contribution in [0.25, 0.3) is 11.3 Å². The van der Waals surface area contributed by atoms with Gasteiger partial charge < -0.3 is 10.6 Å². The lowest BCUT2D eigenvalue weighted by Gasteiger charge is -2.37. The molecule has 3 heterocycles. The number of hydrogen-bond donors (Lipinski definition) is 1. The molecule has 26 heavy (non-hydrogen) atoms. The van der Waals surface area contributed by atoms with E-state index in [-0.39, 0.29) is 5.91 Å². The highest BCUT2D eigenvalue weighted by atomic mass is 32.2. The normalized spacial score (nSPS) is 20.2. The smallest absolute Gasteiger partial charge is 0.253 e. The highest BCUT2D eigenvalue weighted by Crippen LogP contribution is 2.25. The lowest BCUT2D eigenvalue weighted by atomic mass is 10.1. The topological polar surface area (TPSA) is 75.3 Å². The predicted molar refractivity (Wildman–Crippen MR) is 104 cm³/mol. The summed E-state index contributed by atoms with van der Waals surface area (Å²) in [6.07, 6.45) is 4.38. The standard InChI is InChI=1S/C19H23N5OS/c1-26-19-21-16(11-17(20)22-19)13-4-6-14(7-5-13)18(25)24-10-9-23-8-2-3-15(23)12-24/h4-7,11,15H,2-3,8-10,12H2,1H3,(H2,20,21,22)/t15-/m0/s1. The maximum atomic E-state index is 12.8. The summed E-state index contributed by atoms with van der Waals surface area (Å²) in [5.74, 6) is 0.573. The van der Waals surface area contributed by atoms with Crippen molar-refractivity contribution in [2.75, 3.05) is 38.2 Å². The fraction of sp³-hybridized carbons (Fsp3) is 0.421. The van der Waals surface area contributed by atoms with Crippen molar-refractivity contribution in [3.63, 3.8) is 0 Å². The van der Waals surface area contributed by atoms with Gasteiger partial charge in [0.1, 0.15) is 5.82 Å². The van der Waals surface area contributed by atoms with E-state index in [0.29, 0.717) is 17.0 Å². The van der Waals surface area contributed by atoms with Gasteiger partial charge in [0, 0.05) is 42.9 Å². The molecule has 2 N–H and O–H groups in total. The molecule has 1 aromatic heterocycles. The lowest BCUT2D eigenvalue weighted by molar-refractivity contribution is 0.0571. The minimum absolute atomic E-state index is 0.120. The van der Waals surface area contributed by atoms with Gasteiger partial charge in [-0.2, -0.15) is 0 Å². The SMILES string of the molecule is CSc1nc(N)cc(-c2ccc(C(=O)N3CCN4CCC[C@H]4C3)cc2)n1. The molecule has 0 aliphatic carbocycles. The zero-order valence-electron chi connectivity index (χ0n) is 14.9. The van der Waals surface area contributed by atoms with Gasteiger partial charge in [-0.15, -0.1) is 0 Å². The number of anilines is 1. The average molecular weight is 369 g/mol. The highest BCUT2D eigenvalue weighted by Gasteiger charge is 2.32. The fourth-order valence-electron chi connectivity index (χ4n) is 3.82. The van der Waals surface area contributed by atoms with Crippen molar-refractivity contribution in [3.8, 4) is 11.3 Å². The van der Waals surface area contributed by atoms with Crippen molar-refractivity contribution >= 4 is 23.5 Å². The third kappa shape index (κ3) is 3.41. The summed E-state index contributed by atoms with van der Waals surface area (Å²) < 4.78 is 0. The van der Waals surface area contributed by atoms with Gasteiger partial charge in [0.15, 0.2) is 5.16 Å². The van der Waals surface area contributed by atoms with E-state index in [1.165, 1.54) is 31.1 Å². The van der Waals surface area contributed by atoms with Crippen LogP contribution in [0.2, 0.25) is 0 Å². The summed E-state index contributed by atoms with van der Waals surface area (Å²) in [5.41, 5.74) is 8.31. The molecular formula is C19H23N5OS. The van der Waals surface area contributed by atoms with E-state index in [1.54, 1.807) is 6.07 Å². The maximum absolute atomic E-state index is 12.8. The Morgan fingerprint density at radius 3 is 2.77 bits per heavy atom. The second-order valence-electron chi connectivity index (χ2n) is 6.83. The molecule has 0 saturated carbocycles. The number of amides is 1. The molecule has 2 aliphatic heterocycles. The Bertz CT molecular complexity index is 810. The Labute approximate surface area is 157 Å². The summed E-state index contributed by atoms with van der Waals surface area (Å²) in [6, 6.07) is 9.94. The van der Waals surface area contributed by atoms with Crippen LogP contribution >= 0.6 is 11.8 Å². The van der Waals surface area contributed by atoms with Gasteiger partial charge in [-0.1, -0.05) is 23.9 Å². The van der Waals surface area contributed by atoms with Crippen LogP contribution < -0.4 is 5.73 Å². The molecule has 2 saturated heterocycles. The Morgan fingerprint density at radius 1 is 1.19 bits per heavy atom. The molecule has 0 bridgehead atoms. The summed E-state index contributed by atoms with van der Waals surface area (Å²) in [6.45, 7) is 3.84. The van der Waals surface area contributed by atoms with Crippen molar-refractivity contribution < 1.29 is 4.79 Å². The van der Waals surface area contributed by atoms with Crippen LogP contribution in [0.15, 0.2) is 35.5 Å². The van der Waals surface area contributed by atoms with Gasteiger partial charge in [-0.25, -0.2) is 9.97 Å². The van der Waals surface area contributed by atoms with Crippen LogP contribution in [0.3, 0.4) is 0 Å². The third-order valence-electron chi connectivity index (χ3n) is 5.21. The number of hydrogen-bond acceptors (Lipinski definition) is 6. The number of thioether (sulfide) groups is 1. The first-order valence-electron chi connectivity index (χ1n) is 8.96. The summed E-state index contributed by atoms with van der Waals surface area (Å²) in [5, 5.41) is 0.648. The fourth-order valence-corrected chi connectivity index (χ4v) is 4.21. The van der Waals surface area contributed by atoms with Crippen LogP contribution in [-0.4, -0.2) is 64.2 Å². The molecular weight excluding hydrogens is 346 g/mol. The van der Waals surface area contributed by atoms with E-state index >= 15 is 0 Å². The van der Waals surface area contributed by atoms with Gasteiger partial charge in [0.2, 0.25) is 0 Å². The van der Waals surface area contributed by atoms with Gasteiger partial charge >= 0.3 is 0 Å². The number of carbonyl (C=O) groups is 1. The van der Waals surface area contributed by atoms with E-state index in [0.717, 1.165) is 36.5 Å². The van der Waals surface area contributed by atoms with Crippen molar-refractivity contribution in [2.24, 2.45) is 0 Å². The molecule has 1 aromatic carbocycles. The number of nitrogens with zero attached hydrogens (tertiary/aromatic N) is 4. The van der Waals surface area contributed by atoms with Crippen molar-refractivity contribution in [3.05, 3.63) is 35.9 Å².